The first-order valence-corrected chi connectivity index (χ1v) is 4.57. The van der Waals surface area contributed by atoms with E-state index in [-0.39, 0.29) is 0 Å². The van der Waals surface area contributed by atoms with Crippen LogP contribution in [0.4, 0.5) is 0 Å². The van der Waals surface area contributed by atoms with E-state index in [4.69, 9.17) is 11.6 Å². The zero-order valence-corrected chi connectivity index (χ0v) is 7.14. The summed E-state index contributed by atoms with van der Waals surface area (Å²) >= 11 is 6.08. The van der Waals surface area contributed by atoms with E-state index in [1.807, 2.05) is 0 Å². The Hall–Kier alpha value is 0.250. The predicted molar refractivity (Wildman–Crippen MR) is 43.4 cm³/mol. The zero-order chi connectivity index (χ0) is 7.14. The van der Waals surface area contributed by atoms with E-state index in [1.54, 1.807) is 0 Å². The van der Waals surface area contributed by atoms with Crippen LogP contribution in [0.1, 0.15) is 25.7 Å². The van der Waals surface area contributed by atoms with Crippen LogP contribution in [0.3, 0.4) is 0 Å². The molecule has 58 valence electrons. The van der Waals surface area contributed by atoms with Crippen LogP contribution in [0.25, 0.3) is 0 Å². The number of halogens is 1. The summed E-state index contributed by atoms with van der Waals surface area (Å²) in [4.78, 5) is 2.51. The van der Waals surface area contributed by atoms with Crippen molar-refractivity contribution in [2.24, 2.45) is 0 Å². The molecule has 2 bridgehead atoms. The number of piperidine rings is 1. The molecule has 2 fully saturated rings. The highest BCUT2D eigenvalue weighted by Crippen LogP contribution is 2.36. The molecule has 2 unspecified atom stereocenters. The average Bonchev–Trinajstić information content (AvgIpc) is 2.20. The number of hydrogen-bond donors (Lipinski definition) is 0. The van der Waals surface area contributed by atoms with E-state index in [1.165, 1.54) is 25.7 Å². The van der Waals surface area contributed by atoms with E-state index in [9.17, 15) is 0 Å². The lowest BCUT2D eigenvalue weighted by Gasteiger charge is -2.33. The van der Waals surface area contributed by atoms with Gasteiger partial charge in [0.2, 0.25) is 0 Å². The summed E-state index contributed by atoms with van der Waals surface area (Å²) in [6.45, 7) is 0. The van der Waals surface area contributed by atoms with Crippen LogP contribution in [-0.2, 0) is 0 Å². The van der Waals surface area contributed by atoms with Crippen molar-refractivity contribution in [1.82, 2.24) is 4.90 Å². The fourth-order valence-corrected chi connectivity index (χ4v) is 2.76. The minimum atomic E-state index is 0.466. The highest BCUT2D eigenvalue weighted by molar-refractivity contribution is 6.20. The molecule has 0 amide bonds. The van der Waals surface area contributed by atoms with Crippen molar-refractivity contribution < 1.29 is 0 Å². The number of rotatable bonds is 0. The van der Waals surface area contributed by atoms with E-state index in [0.29, 0.717) is 5.38 Å². The molecule has 2 heterocycles. The molecule has 0 spiro atoms. The second-order valence-corrected chi connectivity index (χ2v) is 4.24. The van der Waals surface area contributed by atoms with Crippen LogP contribution in [-0.4, -0.2) is 29.4 Å². The van der Waals surface area contributed by atoms with Crippen molar-refractivity contribution >= 4 is 11.6 Å². The Morgan fingerprint density at radius 2 is 1.70 bits per heavy atom. The van der Waals surface area contributed by atoms with Crippen LogP contribution in [0.2, 0.25) is 0 Å². The third-order valence-electron chi connectivity index (χ3n) is 3.04. The van der Waals surface area contributed by atoms with Gasteiger partial charge in [-0.1, -0.05) is 0 Å². The summed E-state index contributed by atoms with van der Waals surface area (Å²) in [7, 11) is 2.24. The SMILES string of the molecule is CN1C2CCC1CC(Cl)C2. The lowest BCUT2D eigenvalue weighted by atomic mass is 10.0. The van der Waals surface area contributed by atoms with Crippen LogP contribution < -0.4 is 0 Å². The van der Waals surface area contributed by atoms with Gasteiger partial charge in [0.1, 0.15) is 0 Å². The van der Waals surface area contributed by atoms with Gasteiger partial charge in [0, 0.05) is 17.5 Å². The average molecular weight is 160 g/mol. The van der Waals surface area contributed by atoms with Gasteiger partial charge in [-0.15, -0.1) is 11.6 Å². The van der Waals surface area contributed by atoms with Gasteiger partial charge in [-0.3, -0.25) is 0 Å². The van der Waals surface area contributed by atoms with Crippen molar-refractivity contribution in [3.8, 4) is 0 Å². The second-order valence-electron chi connectivity index (χ2n) is 3.62. The highest BCUT2D eigenvalue weighted by atomic mass is 35.5. The Bertz CT molecular complexity index is 123. The Balaban J connectivity index is 2.09. The monoisotopic (exact) mass is 159 g/mol. The van der Waals surface area contributed by atoms with Crippen molar-refractivity contribution in [2.75, 3.05) is 7.05 Å². The molecule has 2 heteroatoms. The zero-order valence-electron chi connectivity index (χ0n) is 6.39. The smallest absolute Gasteiger partial charge is 0.0365 e. The van der Waals surface area contributed by atoms with Gasteiger partial charge in [-0.05, 0) is 32.7 Å². The number of fused-ring (bicyclic) bond motifs is 2. The third kappa shape index (κ3) is 0.960. The quantitative estimate of drug-likeness (QED) is 0.488. The van der Waals surface area contributed by atoms with Crippen molar-refractivity contribution in [3.63, 3.8) is 0 Å². The van der Waals surface area contributed by atoms with Crippen LogP contribution >= 0.6 is 11.6 Å². The maximum atomic E-state index is 6.08. The van der Waals surface area contributed by atoms with Gasteiger partial charge < -0.3 is 4.90 Å². The van der Waals surface area contributed by atoms with Crippen molar-refractivity contribution in [3.05, 3.63) is 0 Å². The molecule has 10 heavy (non-hydrogen) atoms. The van der Waals surface area contributed by atoms with Crippen molar-refractivity contribution in [1.29, 1.82) is 0 Å². The molecule has 0 aromatic rings. The molecule has 2 aliphatic heterocycles. The van der Waals surface area contributed by atoms with E-state index >= 15 is 0 Å². The fourth-order valence-electron chi connectivity index (χ4n) is 2.35. The van der Waals surface area contributed by atoms with Gasteiger partial charge in [0.05, 0.1) is 0 Å². The Morgan fingerprint density at radius 3 is 2.20 bits per heavy atom. The van der Waals surface area contributed by atoms with Gasteiger partial charge in [-0.2, -0.15) is 0 Å². The molecular weight excluding hydrogens is 146 g/mol. The maximum Gasteiger partial charge on any atom is 0.0365 e. The first kappa shape index (κ1) is 6.93. The van der Waals surface area contributed by atoms with Crippen LogP contribution in [0, 0.1) is 0 Å². The normalized spacial score (nSPS) is 48.0. The molecule has 0 aromatic carbocycles. The number of nitrogens with zero attached hydrogens (tertiary/aromatic N) is 1. The first-order chi connectivity index (χ1) is 4.77. The second kappa shape index (κ2) is 2.38. The Labute approximate surface area is 67.3 Å². The largest absolute Gasteiger partial charge is 0.300 e. The third-order valence-corrected chi connectivity index (χ3v) is 3.40. The summed E-state index contributed by atoms with van der Waals surface area (Å²) in [5.74, 6) is 0. The summed E-state index contributed by atoms with van der Waals surface area (Å²) in [6.07, 6.45) is 5.19. The van der Waals surface area contributed by atoms with E-state index < -0.39 is 0 Å². The minimum Gasteiger partial charge on any atom is -0.300 e. The van der Waals surface area contributed by atoms with Crippen LogP contribution in [0.15, 0.2) is 0 Å². The molecule has 2 saturated heterocycles. The molecule has 0 radical (unpaired) electrons. The van der Waals surface area contributed by atoms with Gasteiger partial charge >= 0.3 is 0 Å². The summed E-state index contributed by atoms with van der Waals surface area (Å²) in [5.41, 5.74) is 0. The van der Waals surface area contributed by atoms with Gasteiger partial charge in [0.15, 0.2) is 0 Å². The molecule has 0 saturated carbocycles. The molecule has 0 N–H and O–H groups in total. The van der Waals surface area contributed by atoms with Gasteiger partial charge in [-0.25, -0.2) is 0 Å². The molecule has 2 aliphatic rings. The molecule has 1 nitrogen and oxygen atoms in total. The maximum absolute atomic E-state index is 6.08. The number of alkyl halides is 1. The van der Waals surface area contributed by atoms with Crippen molar-refractivity contribution in [2.45, 2.75) is 43.1 Å². The van der Waals surface area contributed by atoms with E-state index in [2.05, 4.69) is 11.9 Å². The lowest BCUT2D eigenvalue weighted by molar-refractivity contribution is 0.181. The van der Waals surface area contributed by atoms with Crippen LogP contribution in [0.5, 0.6) is 0 Å². The molecule has 0 aromatic heterocycles. The summed E-state index contributed by atoms with van der Waals surface area (Å²) in [6, 6.07) is 1.61. The topological polar surface area (TPSA) is 3.24 Å². The number of hydrogen-bond acceptors (Lipinski definition) is 1. The standard InChI is InChI=1S/C8H14ClN/c1-10-7-2-3-8(10)5-6(9)4-7/h6-8H,2-5H2,1H3. The van der Waals surface area contributed by atoms with Gasteiger partial charge in [0.25, 0.3) is 0 Å². The fraction of sp³-hybridized carbons (Fsp3) is 1.00. The molecule has 2 rings (SSSR count). The molecular formula is C8H14ClN. The molecule has 0 aliphatic carbocycles. The highest BCUT2D eigenvalue weighted by Gasteiger charge is 2.37. The Morgan fingerprint density at radius 1 is 1.20 bits per heavy atom. The predicted octanol–water partition coefficient (Wildman–Crippen LogP) is 1.85. The van der Waals surface area contributed by atoms with E-state index in [0.717, 1.165) is 12.1 Å². The lowest BCUT2D eigenvalue weighted by Crippen LogP contribution is -2.40. The summed E-state index contributed by atoms with van der Waals surface area (Å²) < 4.78 is 0. The minimum absolute atomic E-state index is 0.466. The first-order valence-electron chi connectivity index (χ1n) is 4.13. The molecule has 2 atom stereocenters. The Kier molecular flexibility index (Phi) is 1.65. The summed E-state index contributed by atoms with van der Waals surface area (Å²) in [5, 5.41) is 0.466.